The normalized spacial score (nSPS) is 13.5. The van der Waals surface area contributed by atoms with Gasteiger partial charge in [0.2, 0.25) is 0 Å². The molecule has 0 aliphatic carbocycles. The third-order valence-electron chi connectivity index (χ3n) is 4.57. The Labute approximate surface area is 147 Å². The van der Waals surface area contributed by atoms with E-state index in [1.54, 1.807) is 0 Å². The first kappa shape index (κ1) is 18.6. The number of rotatable bonds is 6. The first-order valence-corrected chi connectivity index (χ1v) is 10.6. The molecule has 0 unspecified atom stereocenters. The number of carbonyl (C=O) groups is 1. The van der Waals surface area contributed by atoms with Crippen LogP contribution >= 0.6 is 0 Å². The number of Topliss-reactive ketones (excluding diaryl/α,β-unsaturated/α-hetero) is 1. The molecule has 0 radical (unpaired) electrons. The van der Waals surface area contributed by atoms with E-state index in [1.807, 2.05) is 26.0 Å². The Hall–Kier alpha value is -1.71. The minimum absolute atomic E-state index is 0.0992. The zero-order valence-corrected chi connectivity index (χ0v) is 16.4. The van der Waals surface area contributed by atoms with Crippen LogP contribution in [0.15, 0.2) is 60.7 Å². The fraction of sp³-hybridized carbons (Fsp3) is 0.381. The van der Waals surface area contributed by atoms with Crippen LogP contribution in [-0.2, 0) is 9.22 Å². The maximum absolute atomic E-state index is 12.3. The van der Waals surface area contributed by atoms with Gasteiger partial charge in [-0.2, -0.15) is 0 Å². The average Bonchev–Trinajstić information content (AvgIpc) is 2.59. The maximum Gasteiger partial charge on any atom is 0.262 e. The van der Waals surface area contributed by atoms with Crippen molar-refractivity contribution in [2.75, 3.05) is 0 Å². The Kier molecular flexibility index (Phi) is 5.78. The largest absolute Gasteiger partial charge is 0.398 e. The highest BCUT2D eigenvalue weighted by Gasteiger charge is 2.51. The van der Waals surface area contributed by atoms with Crippen LogP contribution in [0.4, 0.5) is 0 Å². The maximum atomic E-state index is 12.3. The van der Waals surface area contributed by atoms with Crippen molar-refractivity contribution in [3.63, 3.8) is 0 Å². The zero-order chi connectivity index (χ0) is 17.8. The SMILES string of the molecule is CCC(=O)[C@H](C)O[Si](c1ccccc1)(c1ccccc1)C(C)(C)C. The third kappa shape index (κ3) is 3.52. The van der Waals surface area contributed by atoms with Gasteiger partial charge in [-0.1, -0.05) is 88.4 Å². The molecule has 0 N–H and O–H groups in total. The number of benzene rings is 2. The highest BCUT2D eigenvalue weighted by atomic mass is 28.4. The molecule has 0 spiro atoms. The van der Waals surface area contributed by atoms with Crippen molar-refractivity contribution in [3.8, 4) is 0 Å². The van der Waals surface area contributed by atoms with E-state index < -0.39 is 14.4 Å². The number of hydrogen-bond acceptors (Lipinski definition) is 2. The van der Waals surface area contributed by atoms with Gasteiger partial charge in [0.05, 0.1) is 0 Å². The second-order valence-corrected chi connectivity index (χ2v) is 11.5. The van der Waals surface area contributed by atoms with E-state index in [4.69, 9.17) is 4.43 Å². The van der Waals surface area contributed by atoms with Crippen molar-refractivity contribution >= 4 is 24.5 Å². The fourth-order valence-corrected chi connectivity index (χ4v) is 7.99. The van der Waals surface area contributed by atoms with Crippen LogP contribution in [0.3, 0.4) is 0 Å². The molecule has 0 saturated carbocycles. The van der Waals surface area contributed by atoms with Gasteiger partial charge in [0.25, 0.3) is 8.32 Å². The molecule has 0 amide bonds. The number of ketones is 1. The van der Waals surface area contributed by atoms with Gasteiger partial charge >= 0.3 is 0 Å². The summed E-state index contributed by atoms with van der Waals surface area (Å²) in [5.74, 6) is 0.156. The van der Waals surface area contributed by atoms with Crippen LogP contribution in [0, 0.1) is 0 Å². The molecule has 0 aliphatic heterocycles. The van der Waals surface area contributed by atoms with Crippen LogP contribution in [0.1, 0.15) is 41.0 Å². The second-order valence-electron chi connectivity index (χ2n) is 7.24. The lowest BCUT2D eigenvalue weighted by atomic mass is 10.2. The molecule has 0 saturated heterocycles. The molecule has 128 valence electrons. The van der Waals surface area contributed by atoms with E-state index in [1.165, 1.54) is 10.4 Å². The Morgan fingerprint density at radius 3 is 1.71 bits per heavy atom. The van der Waals surface area contributed by atoms with Crippen LogP contribution < -0.4 is 10.4 Å². The molecule has 0 aliphatic rings. The molecular weight excluding hydrogens is 312 g/mol. The Balaban J connectivity index is 2.68. The lowest BCUT2D eigenvalue weighted by Gasteiger charge is -2.44. The fourth-order valence-electron chi connectivity index (χ4n) is 3.31. The Bertz CT molecular complexity index is 620. The first-order valence-electron chi connectivity index (χ1n) is 8.64. The molecule has 0 fully saturated rings. The van der Waals surface area contributed by atoms with E-state index in [0.717, 1.165) is 0 Å². The molecular formula is C21H28O2Si. The zero-order valence-electron chi connectivity index (χ0n) is 15.4. The molecule has 1 atom stereocenters. The van der Waals surface area contributed by atoms with Crippen LogP contribution in [-0.4, -0.2) is 20.2 Å². The predicted molar refractivity (Wildman–Crippen MR) is 103 cm³/mol. The minimum atomic E-state index is -2.61. The van der Waals surface area contributed by atoms with E-state index in [2.05, 4.69) is 69.3 Å². The van der Waals surface area contributed by atoms with Crippen LogP contribution in [0.2, 0.25) is 5.04 Å². The first-order chi connectivity index (χ1) is 11.3. The van der Waals surface area contributed by atoms with Crippen molar-refractivity contribution in [2.24, 2.45) is 0 Å². The van der Waals surface area contributed by atoms with E-state index >= 15 is 0 Å². The van der Waals surface area contributed by atoms with Gasteiger partial charge in [0.1, 0.15) is 6.10 Å². The molecule has 0 heterocycles. The highest BCUT2D eigenvalue weighted by Crippen LogP contribution is 2.37. The van der Waals surface area contributed by atoms with E-state index in [-0.39, 0.29) is 10.8 Å². The Morgan fingerprint density at radius 1 is 0.958 bits per heavy atom. The van der Waals surface area contributed by atoms with Crippen LogP contribution in [0.5, 0.6) is 0 Å². The van der Waals surface area contributed by atoms with E-state index in [0.29, 0.717) is 6.42 Å². The minimum Gasteiger partial charge on any atom is -0.398 e. The third-order valence-corrected chi connectivity index (χ3v) is 9.68. The van der Waals surface area contributed by atoms with Crippen LogP contribution in [0.25, 0.3) is 0 Å². The average molecular weight is 341 g/mol. The van der Waals surface area contributed by atoms with Gasteiger partial charge in [-0.05, 0) is 22.3 Å². The van der Waals surface area contributed by atoms with Crippen molar-refractivity contribution in [2.45, 2.75) is 52.2 Å². The van der Waals surface area contributed by atoms with Gasteiger partial charge in [0.15, 0.2) is 5.78 Å². The molecule has 3 heteroatoms. The summed E-state index contributed by atoms with van der Waals surface area (Å²) in [7, 11) is -2.61. The Morgan fingerprint density at radius 2 is 1.38 bits per heavy atom. The summed E-state index contributed by atoms with van der Waals surface area (Å²) in [5.41, 5.74) is 0. The summed E-state index contributed by atoms with van der Waals surface area (Å²) >= 11 is 0. The lowest BCUT2D eigenvalue weighted by molar-refractivity contribution is -0.125. The molecule has 0 aromatic heterocycles. The highest BCUT2D eigenvalue weighted by molar-refractivity contribution is 6.99. The predicted octanol–water partition coefficient (Wildman–Crippen LogP) is 3.93. The molecule has 2 aromatic carbocycles. The standard InChI is InChI=1S/C21H28O2Si/c1-6-20(22)17(2)23-24(21(3,4)5,18-13-9-7-10-14-18)19-15-11-8-12-16-19/h7-17H,6H2,1-5H3/t17-/m0/s1. The number of carbonyl (C=O) groups excluding carboxylic acids is 1. The number of hydrogen-bond donors (Lipinski definition) is 0. The summed E-state index contributed by atoms with van der Waals surface area (Å²) in [5, 5.41) is 2.32. The van der Waals surface area contributed by atoms with Gasteiger partial charge in [-0.25, -0.2) is 0 Å². The second kappa shape index (κ2) is 7.45. The topological polar surface area (TPSA) is 26.3 Å². The molecule has 0 bridgehead atoms. The van der Waals surface area contributed by atoms with Gasteiger partial charge < -0.3 is 4.43 Å². The summed E-state index contributed by atoms with van der Waals surface area (Å²) in [6.07, 6.45) is 0.0978. The van der Waals surface area contributed by atoms with Crippen molar-refractivity contribution in [3.05, 3.63) is 60.7 Å². The molecule has 24 heavy (non-hydrogen) atoms. The summed E-state index contributed by atoms with van der Waals surface area (Å²) in [6, 6.07) is 20.9. The van der Waals surface area contributed by atoms with Gasteiger partial charge in [0, 0.05) is 6.42 Å². The lowest BCUT2D eigenvalue weighted by Crippen LogP contribution is -2.68. The smallest absolute Gasteiger partial charge is 0.262 e. The van der Waals surface area contributed by atoms with Gasteiger partial charge in [-0.15, -0.1) is 0 Å². The van der Waals surface area contributed by atoms with Crippen molar-refractivity contribution in [1.29, 1.82) is 0 Å². The quantitative estimate of drug-likeness (QED) is 0.745. The molecule has 2 aromatic rings. The molecule has 2 nitrogen and oxygen atoms in total. The summed E-state index contributed by atoms with van der Waals surface area (Å²) in [4.78, 5) is 12.3. The van der Waals surface area contributed by atoms with Crippen molar-refractivity contribution < 1.29 is 9.22 Å². The van der Waals surface area contributed by atoms with Gasteiger partial charge in [-0.3, -0.25) is 4.79 Å². The molecule has 2 rings (SSSR count). The monoisotopic (exact) mass is 340 g/mol. The summed E-state index contributed by atoms with van der Waals surface area (Å²) < 4.78 is 6.72. The van der Waals surface area contributed by atoms with Crippen molar-refractivity contribution in [1.82, 2.24) is 0 Å². The van der Waals surface area contributed by atoms with E-state index in [9.17, 15) is 4.79 Å². The summed E-state index contributed by atoms with van der Waals surface area (Å²) in [6.45, 7) is 10.5.